The molecule has 1 fully saturated rings. The quantitative estimate of drug-likeness (QED) is 0.656. The van der Waals surface area contributed by atoms with Gasteiger partial charge in [-0.15, -0.1) is 23.1 Å². The van der Waals surface area contributed by atoms with Crippen molar-refractivity contribution < 1.29 is 4.79 Å². The fraction of sp³-hybridized carbons (Fsp3) is 0.350. The summed E-state index contributed by atoms with van der Waals surface area (Å²) >= 11 is 8.97. The van der Waals surface area contributed by atoms with Crippen LogP contribution in [0.5, 0.6) is 0 Å². The van der Waals surface area contributed by atoms with E-state index in [0.717, 1.165) is 22.9 Å². The number of carbonyl (C=O) groups is 1. The molecule has 3 aromatic rings. The molecule has 0 aliphatic carbocycles. The van der Waals surface area contributed by atoms with E-state index in [-0.39, 0.29) is 17.5 Å². The molecule has 5 rings (SSSR count). The van der Waals surface area contributed by atoms with Gasteiger partial charge in [-0.1, -0.05) is 23.7 Å². The van der Waals surface area contributed by atoms with Crippen LogP contribution < -0.4 is 10.9 Å². The van der Waals surface area contributed by atoms with E-state index < -0.39 is 0 Å². The molecule has 1 amide bonds. The second kappa shape index (κ2) is 7.75. The summed E-state index contributed by atoms with van der Waals surface area (Å²) in [5.41, 5.74) is 2.37. The summed E-state index contributed by atoms with van der Waals surface area (Å²) in [4.78, 5) is 31.9. The van der Waals surface area contributed by atoms with Crippen molar-refractivity contribution in [3.05, 3.63) is 51.5 Å². The molecule has 150 valence electrons. The molecule has 9 heteroatoms. The second-order valence-corrected chi connectivity index (χ2v) is 9.99. The number of likely N-dealkylation sites (tertiary alicyclic amines) is 1. The van der Waals surface area contributed by atoms with Crippen molar-refractivity contribution in [1.82, 2.24) is 14.5 Å². The number of anilines is 1. The smallest absolute Gasteiger partial charge is 0.271 e. The zero-order chi connectivity index (χ0) is 20.0. The number of aromatic nitrogens is 2. The first-order chi connectivity index (χ1) is 14.1. The Morgan fingerprint density at radius 2 is 1.93 bits per heavy atom. The van der Waals surface area contributed by atoms with Crippen LogP contribution in [-0.2, 0) is 11.3 Å². The minimum Gasteiger partial charge on any atom is -0.322 e. The maximum Gasteiger partial charge on any atom is 0.271 e. The van der Waals surface area contributed by atoms with E-state index in [1.807, 2.05) is 24.3 Å². The van der Waals surface area contributed by atoms with Gasteiger partial charge in [0.05, 0.1) is 28.0 Å². The number of halogens is 1. The van der Waals surface area contributed by atoms with Crippen LogP contribution in [0, 0.1) is 0 Å². The third-order valence-electron chi connectivity index (χ3n) is 5.44. The number of rotatable bonds is 4. The van der Waals surface area contributed by atoms with Crippen LogP contribution in [0.4, 0.5) is 5.69 Å². The Hall–Kier alpha value is -1.87. The van der Waals surface area contributed by atoms with Gasteiger partial charge >= 0.3 is 0 Å². The maximum absolute atomic E-state index is 13.2. The fourth-order valence-electron chi connectivity index (χ4n) is 3.99. The largest absolute Gasteiger partial charge is 0.322 e. The third-order valence-corrected chi connectivity index (χ3v) is 8.13. The highest BCUT2D eigenvalue weighted by Crippen LogP contribution is 2.42. The lowest BCUT2D eigenvalue weighted by molar-refractivity contribution is -0.113. The number of nitrogens with one attached hydrogen (secondary N) is 1. The highest BCUT2D eigenvalue weighted by atomic mass is 35.5. The minimum atomic E-state index is -0.0533. The summed E-state index contributed by atoms with van der Waals surface area (Å²) in [7, 11) is 0. The Balaban J connectivity index is 1.53. The van der Waals surface area contributed by atoms with Gasteiger partial charge < -0.3 is 5.32 Å². The van der Waals surface area contributed by atoms with E-state index >= 15 is 0 Å². The number of fused-ring (bicyclic) bond motifs is 3. The Bertz CT molecular complexity index is 1140. The van der Waals surface area contributed by atoms with E-state index in [9.17, 15) is 9.59 Å². The summed E-state index contributed by atoms with van der Waals surface area (Å²) in [6, 6.07) is 7.97. The van der Waals surface area contributed by atoms with Crippen molar-refractivity contribution in [2.24, 2.45) is 0 Å². The standard InChI is InChI=1S/C20H19ClN4O2S2/c21-13-5-3-12(4-6-13)14(24-7-1-2-8-24)9-25-11-22-16-17-20(28-10-15(26)23-17)29-18(16)19(25)27/h3-6,11,14H,1-2,7-10H2,(H,23,26)/t14-/m1/s1. The Labute approximate surface area is 180 Å². The first-order valence-electron chi connectivity index (χ1n) is 9.54. The molecule has 1 N–H and O–H groups in total. The summed E-state index contributed by atoms with van der Waals surface area (Å²) in [6.45, 7) is 2.58. The zero-order valence-corrected chi connectivity index (χ0v) is 17.9. The number of thioether (sulfide) groups is 1. The van der Waals surface area contributed by atoms with Crippen molar-refractivity contribution in [2.75, 3.05) is 24.2 Å². The Morgan fingerprint density at radius 3 is 2.69 bits per heavy atom. The molecule has 2 aliphatic heterocycles. The average molecular weight is 447 g/mol. The number of hydrogen-bond donors (Lipinski definition) is 1. The first-order valence-corrected chi connectivity index (χ1v) is 11.7. The van der Waals surface area contributed by atoms with Crippen molar-refractivity contribution in [3.63, 3.8) is 0 Å². The molecular formula is C20H19ClN4O2S2. The molecule has 0 spiro atoms. The Kier molecular flexibility index (Phi) is 5.11. The van der Waals surface area contributed by atoms with E-state index in [1.54, 1.807) is 10.9 Å². The molecule has 2 aromatic heterocycles. The van der Waals surface area contributed by atoms with Gasteiger partial charge in [0.25, 0.3) is 5.56 Å². The first kappa shape index (κ1) is 19.1. The van der Waals surface area contributed by atoms with E-state index in [2.05, 4.69) is 15.2 Å². The van der Waals surface area contributed by atoms with Crippen LogP contribution in [0.2, 0.25) is 5.02 Å². The summed E-state index contributed by atoms with van der Waals surface area (Å²) in [5, 5.41) is 3.57. The van der Waals surface area contributed by atoms with Gasteiger partial charge in [-0.3, -0.25) is 19.1 Å². The highest BCUT2D eigenvalue weighted by molar-refractivity contribution is 8.02. The molecule has 0 radical (unpaired) electrons. The molecular weight excluding hydrogens is 428 g/mol. The molecule has 0 bridgehead atoms. The fourth-order valence-corrected chi connectivity index (χ4v) is 6.29. The lowest BCUT2D eigenvalue weighted by atomic mass is 10.1. The van der Waals surface area contributed by atoms with Gasteiger partial charge in [-0.05, 0) is 43.6 Å². The third kappa shape index (κ3) is 3.59. The topological polar surface area (TPSA) is 67.2 Å². The van der Waals surface area contributed by atoms with Gasteiger partial charge in [0, 0.05) is 11.6 Å². The average Bonchev–Trinajstić information content (AvgIpc) is 3.37. The van der Waals surface area contributed by atoms with Crippen molar-refractivity contribution in [2.45, 2.75) is 29.6 Å². The molecule has 29 heavy (non-hydrogen) atoms. The molecule has 1 saturated heterocycles. The predicted octanol–water partition coefficient (Wildman–Crippen LogP) is 3.99. The van der Waals surface area contributed by atoms with Crippen molar-refractivity contribution >= 4 is 56.5 Å². The highest BCUT2D eigenvalue weighted by Gasteiger charge is 2.27. The van der Waals surface area contributed by atoms with Crippen LogP contribution in [0.25, 0.3) is 10.2 Å². The van der Waals surface area contributed by atoms with Gasteiger partial charge in [-0.25, -0.2) is 4.98 Å². The SMILES string of the molecule is O=C1CSc2sc3c(=O)n(C[C@H](c4ccc(Cl)cc4)N4CCCC4)cnc3c2N1. The van der Waals surface area contributed by atoms with Gasteiger partial charge in [0.2, 0.25) is 5.91 Å². The molecule has 4 heterocycles. The lowest BCUT2D eigenvalue weighted by Gasteiger charge is -2.28. The molecule has 2 aliphatic rings. The van der Waals surface area contributed by atoms with E-state index in [1.165, 1.54) is 35.9 Å². The van der Waals surface area contributed by atoms with Crippen LogP contribution in [-0.4, -0.2) is 39.2 Å². The molecule has 1 atom stereocenters. The normalized spacial score (nSPS) is 18.0. The van der Waals surface area contributed by atoms with Crippen LogP contribution in [0.15, 0.2) is 39.6 Å². The lowest BCUT2D eigenvalue weighted by Crippen LogP contribution is -2.32. The number of hydrogen-bond acceptors (Lipinski definition) is 6. The van der Waals surface area contributed by atoms with Gasteiger partial charge in [-0.2, -0.15) is 0 Å². The Morgan fingerprint density at radius 1 is 1.17 bits per heavy atom. The number of amides is 1. The molecule has 0 unspecified atom stereocenters. The number of nitrogens with zero attached hydrogens (tertiary/aromatic N) is 3. The van der Waals surface area contributed by atoms with E-state index in [0.29, 0.717) is 33.2 Å². The maximum atomic E-state index is 13.2. The summed E-state index contributed by atoms with van der Waals surface area (Å²) in [5.74, 6) is 0.326. The molecule has 1 aromatic carbocycles. The zero-order valence-electron chi connectivity index (χ0n) is 15.6. The number of benzene rings is 1. The molecule has 6 nitrogen and oxygen atoms in total. The number of thiophene rings is 1. The summed E-state index contributed by atoms with van der Waals surface area (Å²) < 4.78 is 3.26. The minimum absolute atomic E-state index is 0.0509. The van der Waals surface area contributed by atoms with Crippen molar-refractivity contribution in [1.29, 1.82) is 0 Å². The van der Waals surface area contributed by atoms with Crippen LogP contribution in [0.1, 0.15) is 24.4 Å². The van der Waals surface area contributed by atoms with E-state index in [4.69, 9.17) is 11.6 Å². The van der Waals surface area contributed by atoms with Gasteiger partial charge in [0.1, 0.15) is 10.2 Å². The second-order valence-electron chi connectivity index (χ2n) is 7.29. The summed E-state index contributed by atoms with van der Waals surface area (Å²) in [6.07, 6.45) is 3.96. The van der Waals surface area contributed by atoms with Gasteiger partial charge in [0.15, 0.2) is 0 Å². The van der Waals surface area contributed by atoms with Crippen LogP contribution >= 0.6 is 34.7 Å². The van der Waals surface area contributed by atoms with Crippen LogP contribution in [0.3, 0.4) is 0 Å². The predicted molar refractivity (Wildman–Crippen MR) is 118 cm³/mol. The number of carbonyl (C=O) groups excluding carboxylic acids is 1. The van der Waals surface area contributed by atoms with Crippen molar-refractivity contribution in [3.8, 4) is 0 Å². The monoisotopic (exact) mass is 446 g/mol. The molecule has 0 saturated carbocycles.